The average molecular weight is 452 g/mol. The van der Waals surface area contributed by atoms with Gasteiger partial charge in [-0.1, -0.05) is 103 Å². The first-order valence-corrected chi connectivity index (χ1v) is 12.0. The van der Waals surface area contributed by atoms with Gasteiger partial charge in [0.15, 0.2) is 0 Å². The van der Waals surface area contributed by atoms with E-state index in [4.69, 9.17) is 0 Å². The number of amides is 1. The minimum Gasteiger partial charge on any atom is -0.386 e. The van der Waals surface area contributed by atoms with E-state index in [0.717, 1.165) is 49.7 Å². The molecule has 0 aromatic rings. The van der Waals surface area contributed by atoms with Gasteiger partial charge in [-0.05, 0) is 46.0 Å². The minimum absolute atomic E-state index is 0.0815. The number of carbonyl (C=O) groups excluding carboxylic acids is 1. The van der Waals surface area contributed by atoms with Crippen LogP contribution < -0.4 is 5.32 Å². The fourth-order valence-corrected chi connectivity index (χ4v) is 3.20. The van der Waals surface area contributed by atoms with E-state index in [9.17, 15) is 15.0 Å². The summed E-state index contributed by atoms with van der Waals surface area (Å²) in [7, 11) is 0. The molecule has 4 nitrogen and oxygen atoms in total. The first-order valence-electron chi connectivity index (χ1n) is 12.0. The van der Waals surface area contributed by atoms with Gasteiger partial charge in [-0.15, -0.1) is 0 Å². The van der Waals surface area contributed by atoms with Crippen LogP contribution in [0.5, 0.6) is 0 Å². The van der Waals surface area contributed by atoms with Gasteiger partial charge in [0.2, 0.25) is 5.91 Å². The molecule has 0 aromatic heterocycles. The molecule has 3 atom stereocenters. The van der Waals surface area contributed by atoms with E-state index < -0.39 is 12.2 Å². The molecule has 1 aliphatic rings. The van der Waals surface area contributed by atoms with Crippen LogP contribution in [0, 0.1) is 0 Å². The highest BCUT2D eigenvalue weighted by Gasteiger charge is 2.10. The zero-order valence-electron chi connectivity index (χ0n) is 20.4. The summed E-state index contributed by atoms with van der Waals surface area (Å²) in [5.41, 5.74) is 1.93. The van der Waals surface area contributed by atoms with Gasteiger partial charge in [0.25, 0.3) is 0 Å². The number of nitrogens with one attached hydrogen (secondary N) is 1. The smallest absolute Gasteiger partial charge is 0.244 e. The highest BCUT2D eigenvalue weighted by molar-refractivity contribution is 5.88. The Balaban J connectivity index is 2.92. The highest BCUT2D eigenvalue weighted by Crippen LogP contribution is 2.10. The second kappa shape index (κ2) is 17.8. The van der Waals surface area contributed by atoms with E-state index >= 15 is 0 Å². The second-order valence-electron chi connectivity index (χ2n) is 8.32. The second-order valence-corrected chi connectivity index (χ2v) is 8.32. The van der Waals surface area contributed by atoms with Crippen molar-refractivity contribution in [3.05, 3.63) is 96.2 Å². The molecule has 1 heterocycles. The Hall–Kier alpha value is -2.69. The molecule has 3 N–H and O–H groups in total. The molecule has 180 valence electrons. The fourth-order valence-electron chi connectivity index (χ4n) is 3.20. The summed E-state index contributed by atoms with van der Waals surface area (Å²) in [5, 5.41) is 23.3. The van der Waals surface area contributed by atoms with Crippen molar-refractivity contribution in [1.29, 1.82) is 0 Å². The van der Waals surface area contributed by atoms with Crippen molar-refractivity contribution in [1.82, 2.24) is 5.32 Å². The maximum atomic E-state index is 12.4. The van der Waals surface area contributed by atoms with Crippen molar-refractivity contribution in [3.63, 3.8) is 0 Å². The lowest BCUT2D eigenvalue weighted by molar-refractivity contribution is -0.117. The lowest BCUT2D eigenvalue weighted by atomic mass is 10.0. The van der Waals surface area contributed by atoms with Crippen LogP contribution in [0.1, 0.15) is 59.3 Å². The molecule has 0 radical (unpaired) electrons. The quantitative estimate of drug-likeness (QED) is 0.463. The minimum atomic E-state index is -1.00. The molecular formula is C29H41NO3. The molecule has 33 heavy (non-hydrogen) atoms. The summed E-state index contributed by atoms with van der Waals surface area (Å²) >= 11 is 0. The predicted octanol–water partition coefficient (Wildman–Crippen LogP) is 5.80. The third kappa shape index (κ3) is 14.9. The third-order valence-corrected chi connectivity index (χ3v) is 5.11. The van der Waals surface area contributed by atoms with Crippen LogP contribution in [0.25, 0.3) is 0 Å². The van der Waals surface area contributed by atoms with Crippen molar-refractivity contribution in [2.45, 2.75) is 77.5 Å². The van der Waals surface area contributed by atoms with Crippen molar-refractivity contribution in [2.24, 2.45) is 0 Å². The SMILES string of the molecule is CCC/C=C/C=C/C[C@@H]1CCC\C=C(C)/C=C\C=C/[C@@H](O)[C@@H](O)\C=C(C)/C=C\C=C/C(=O)N1. The van der Waals surface area contributed by atoms with Gasteiger partial charge >= 0.3 is 0 Å². The molecule has 0 aromatic carbocycles. The first kappa shape index (κ1) is 28.3. The molecule has 0 fully saturated rings. The molecule has 0 spiro atoms. The summed E-state index contributed by atoms with van der Waals surface area (Å²) in [6.07, 6.45) is 29.9. The van der Waals surface area contributed by atoms with Crippen LogP contribution in [0.2, 0.25) is 0 Å². The average Bonchev–Trinajstić information content (AvgIpc) is 2.78. The van der Waals surface area contributed by atoms with Gasteiger partial charge in [0.1, 0.15) is 12.2 Å². The van der Waals surface area contributed by atoms with Crippen molar-refractivity contribution < 1.29 is 15.0 Å². The van der Waals surface area contributed by atoms with E-state index in [1.807, 2.05) is 26.0 Å². The number of rotatable bonds is 5. The van der Waals surface area contributed by atoms with Crippen LogP contribution in [0.4, 0.5) is 0 Å². The van der Waals surface area contributed by atoms with Gasteiger partial charge in [0.05, 0.1) is 0 Å². The Bertz CT molecular complexity index is 809. The summed E-state index contributed by atoms with van der Waals surface area (Å²) in [4.78, 5) is 12.4. The van der Waals surface area contributed by atoms with Gasteiger partial charge in [-0.2, -0.15) is 0 Å². The van der Waals surface area contributed by atoms with Crippen LogP contribution >= 0.6 is 0 Å². The Labute approximate surface area is 200 Å². The van der Waals surface area contributed by atoms with Crippen molar-refractivity contribution in [3.8, 4) is 0 Å². The molecule has 0 saturated carbocycles. The van der Waals surface area contributed by atoms with Crippen LogP contribution in [0.3, 0.4) is 0 Å². The molecule has 0 aliphatic carbocycles. The summed E-state index contributed by atoms with van der Waals surface area (Å²) in [6, 6.07) is 0.0815. The van der Waals surface area contributed by atoms with Gasteiger partial charge < -0.3 is 15.5 Å². The number of hydrogen-bond donors (Lipinski definition) is 3. The monoisotopic (exact) mass is 451 g/mol. The summed E-state index contributed by atoms with van der Waals surface area (Å²) in [6.45, 7) is 6.03. The standard InChI is InChI=1S/C29H41NO3/c1-4-5-6-7-8-9-19-26-20-13-10-16-24(2)17-11-14-21-27(31)28(32)23-25(3)18-12-15-22-29(33)30-26/h6-9,11-12,14-18,21-23,26-28,31-32H,4-5,10,13,19-20H2,1-3H3,(H,30,33)/b7-6+,9-8+,17-11-,18-12-,21-14-,22-15-,24-16-,25-23-/t26-,27-,28+/m1/s1. The van der Waals surface area contributed by atoms with Gasteiger partial charge in [0, 0.05) is 12.1 Å². The lowest BCUT2D eigenvalue weighted by Gasteiger charge is -2.15. The molecule has 0 saturated heterocycles. The van der Waals surface area contributed by atoms with Gasteiger partial charge in [-0.3, -0.25) is 4.79 Å². The number of allylic oxidation sites excluding steroid dienone is 12. The maximum Gasteiger partial charge on any atom is 0.244 e. The Morgan fingerprint density at radius 2 is 1.67 bits per heavy atom. The molecule has 1 aliphatic heterocycles. The van der Waals surface area contributed by atoms with Crippen molar-refractivity contribution in [2.75, 3.05) is 0 Å². The van der Waals surface area contributed by atoms with Crippen LogP contribution in [-0.4, -0.2) is 34.4 Å². The largest absolute Gasteiger partial charge is 0.386 e. The fraction of sp³-hybridized carbons (Fsp3) is 0.414. The predicted molar refractivity (Wildman–Crippen MR) is 140 cm³/mol. The van der Waals surface area contributed by atoms with Crippen LogP contribution in [-0.2, 0) is 4.79 Å². The van der Waals surface area contributed by atoms with Crippen LogP contribution in [0.15, 0.2) is 96.2 Å². The van der Waals surface area contributed by atoms with E-state index in [2.05, 4.69) is 42.6 Å². The number of aliphatic hydroxyl groups is 2. The topological polar surface area (TPSA) is 69.6 Å². The van der Waals surface area contributed by atoms with E-state index in [1.165, 1.54) is 6.08 Å². The Morgan fingerprint density at radius 1 is 0.970 bits per heavy atom. The number of unbranched alkanes of at least 4 members (excludes halogenated alkanes) is 1. The Morgan fingerprint density at radius 3 is 2.45 bits per heavy atom. The van der Waals surface area contributed by atoms with E-state index in [1.54, 1.807) is 36.5 Å². The molecule has 4 heteroatoms. The normalized spacial score (nSPS) is 31.2. The third-order valence-electron chi connectivity index (χ3n) is 5.11. The molecule has 1 amide bonds. The van der Waals surface area contributed by atoms with Crippen molar-refractivity contribution >= 4 is 5.91 Å². The number of aliphatic hydroxyl groups excluding tert-OH is 2. The molecule has 1 rings (SSSR count). The maximum absolute atomic E-state index is 12.4. The lowest BCUT2D eigenvalue weighted by Crippen LogP contribution is -2.33. The van der Waals surface area contributed by atoms with E-state index in [-0.39, 0.29) is 11.9 Å². The highest BCUT2D eigenvalue weighted by atomic mass is 16.3. The zero-order chi connectivity index (χ0) is 24.3. The van der Waals surface area contributed by atoms with E-state index in [0.29, 0.717) is 0 Å². The molecule has 0 bridgehead atoms. The summed E-state index contributed by atoms with van der Waals surface area (Å²) < 4.78 is 0. The van der Waals surface area contributed by atoms with Gasteiger partial charge in [-0.25, -0.2) is 0 Å². The number of carbonyl (C=O) groups is 1. The Kier molecular flexibility index (Phi) is 15.3. The molecule has 0 unspecified atom stereocenters. The summed E-state index contributed by atoms with van der Waals surface area (Å²) in [5.74, 6) is -0.120. The molecular weight excluding hydrogens is 410 g/mol. The first-order chi connectivity index (χ1) is 15.9. The number of hydrogen-bond acceptors (Lipinski definition) is 3. The zero-order valence-corrected chi connectivity index (χ0v) is 20.4.